The van der Waals surface area contributed by atoms with Crippen molar-refractivity contribution in [3.8, 4) is 5.75 Å². The third-order valence-corrected chi connectivity index (χ3v) is 4.94. The van der Waals surface area contributed by atoms with Gasteiger partial charge in [-0.1, -0.05) is 6.92 Å². The maximum Gasteiger partial charge on any atom is 0.336 e. The molecule has 1 aliphatic heterocycles. The van der Waals surface area contributed by atoms with Crippen molar-refractivity contribution in [1.82, 2.24) is 4.90 Å². The van der Waals surface area contributed by atoms with Gasteiger partial charge in [0, 0.05) is 30.6 Å². The van der Waals surface area contributed by atoms with Gasteiger partial charge >= 0.3 is 11.6 Å². The van der Waals surface area contributed by atoms with Gasteiger partial charge in [-0.05, 0) is 43.9 Å². The highest BCUT2D eigenvalue weighted by Gasteiger charge is 2.29. The molecule has 2 heterocycles. The Hall–Kier alpha value is -2.83. The molecule has 7 nitrogen and oxygen atoms in total. The Bertz CT molecular complexity index is 919. The number of ether oxygens (including phenoxy) is 2. The quantitative estimate of drug-likeness (QED) is 0.559. The Labute approximate surface area is 163 Å². The highest BCUT2D eigenvalue weighted by atomic mass is 16.5. The van der Waals surface area contributed by atoms with Crippen molar-refractivity contribution in [3.63, 3.8) is 0 Å². The molecule has 0 N–H and O–H groups in total. The van der Waals surface area contributed by atoms with Gasteiger partial charge in [-0.2, -0.15) is 0 Å². The van der Waals surface area contributed by atoms with Gasteiger partial charge in [0.1, 0.15) is 11.3 Å². The number of hydrogen-bond donors (Lipinski definition) is 0. The molecule has 0 aliphatic carbocycles. The van der Waals surface area contributed by atoms with Crippen LogP contribution in [0.2, 0.25) is 0 Å². The summed E-state index contributed by atoms with van der Waals surface area (Å²) < 4.78 is 15.9. The van der Waals surface area contributed by atoms with Crippen molar-refractivity contribution in [2.45, 2.75) is 33.1 Å². The van der Waals surface area contributed by atoms with Crippen LogP contribution in [0.15, 0.2) is 33.5 Å². The van der Waals surface area contributed by atoms with Crippen LogP contribution in [0.25, 0.3) is 11.0 Å². The minimum absolute atomic E-state index is 0.140. The van der Waals surface area contributed by atoms with Crippen LogP contribution in [-0.4, -0.2) is 43.1 Å². The third kappa shape index (κ3) is 4.52. The second-order valence-corrected chi connectivity index (χ2v) is 6.82. The molecule has 1 fully saturated rings. The Morgan fingerprint density at radius 2 is 2.07 bits per heavy atom. The average molecular weight is 387 g/mol. The fraction of sp³-hybridized carbons (Fsp3) is 0.476. The van der Waals surface area contributed by atoms with Gasteiger partial charge in [0.15, 0.2) is 6.61 Å². The maximum atomic E-state index is 12.5. The minimum atomic E-state index is -0.407. The second kappa shape index (κ2) is 8.91. The molecular formula is C21H25NO6. The second-order valence-electron chi connectivity index (χ2n) is 6.82. The number of fused-ring (bicyclic) bond motifs is 1. The fourth-order valence-corrected chi connectivity index (χ4v) is 3.49. The standard InChI is InChI=1S/C21H25NO6/c1-3-14-10-20(24)28-18-11-16(7-8-17(14)18)27-13-19(23)22-9-5-6-15(12-22)21(25)26-4-2/h7-8,10-11,15H,3-6,9,12-13H2,1-2H3. The fourth-order valence-electron chi connectivity index (χ4n) is 3.49. The van der Waals surface area contributed by atoms with Crippen LogP contribution in [0.3, 0.4) is 0 Å². The van der Waals surface area contributed by atoms with E-state index in [1.807, 2.05) is 13.0 Å². The average Bonchev–Trinajstić information content (AvgIpc) is 2.71. The van der Waals surface area contributed by atoms with Gasteiger partial charge in [-0.3, -0.25) is 9.59 Å². The number of carbonyl (C=O) groups is 2. The molecule has 1 atom stereocenters. The first-order chi connectivity index (χ1) is 13.5. The number of hydrogen-bond acceptors (Lipinski definition) is 6. The Morgan fingerprint density at radius 3 is 2.82 bits per heavy atom. The first-order valence-electron chi connectivity index (χ1n) is 9.65. The van der Waals surface area contributed by atoms with E-state index in [1.165, 1.54) is 6.07 Å². The summed E-state index contributed by atoms with van der Waals surface area (Å²) in [6.45, 7) is 4.90. The zero-order chi connectivity index (χ0) is 20.1. The van der Waals surface area contributed by atoms with Crippen LogP contribution in [0, 0.1) is 5.92 Å². The molecule has 1 amide bonds. The van der Waals surface area contributed by atoms with Crippen molar-refractivity contribution in [2.75, 3.05) is 26.3 Å². The Balaban J connectivity index is 1.64. The molecule has 0 radical (unpaired) electrons. The maximum absolute atomic E-state index is 12.5. The predicted molar refractivity (Wildman–Crippen MR) is 103 cm³/mol. The number of esters is 1. The van der Waals surface area contributed by atoms with Crippen LogP contribution >= 0.6 is 0 Å². The topological polar surface area (TPSA) is 86.0 Å². The van der Waals surface area contributed by atoms with Gasteiger partial charge in [0.2, 0.25) is 0 Å². The van der Waals surface area contributed by atoms with Crippen LogP contribution in [0.1, 0.15) is 32.3 Å². The highest BCUT2D eigenvalue weighted by Crippen LogP contribution is 2.23. The summed E-state index contributed by atoms with van der Waals surface area (Å²) in [6.07, 6.45) is 2.21. The first kappa shape index (κ1) is 19.9. The molecule has 1 saturated heterocycles. The lowest BCUT2D eigenvalue weighted by Crippen LogP contribution is -2.44. The lowest BCUT2D eigenvalue weighted by molar-refractivity contribution is -0.151. The van der Waals surface area contributed by atoms with Gasteiger partial charge in [0.25, 0.3) is 5.91 Å². The summed E-state index contributed by atoms with van der Waals surface area (Å²) >= 11 is 0. The number of carbonyl (C=O) groups excluding carboxylic acids is 2. The van der Waals surface area contributed by atoms with E-state index in [9.17, 15) is 14.4 Å². The molecule has 150 valence electrons. The van der Waals surface area contributed by atoms with E-state index >= 15 is 0 Å². The van der Waals surface area contributed by atoms with Gasteiger partial charge < -0.3 is 18.8 Å². The number of likely N-dealkylation sites (tertiary alicyclic amines) is 1. The van der Waals surface area contributed by atoms with E-state index in [0.717, 1.165) is 30.2 Å². The normalized spacial score (nSPS) is 16.8. The number of aryl methyl sites for hydroxylation is 1. The lowest BCUT2D eigenvalue weighted by atomic mass is 9.98. The predicted octanol–water partition coefficient (Wildman–Crippen LogP) is 2.54. The zero-order valence-corrected chi connectivity index (χ0v) is 16.2. The monoisotopic (exact) mass is 387 g/mol. The van der Waals surface area contributed by atoms with E-state index in [1.54, 1.807) is 24.0 Å². The van der Waals surface area contributed by atoms with Gasteiger partial charge in [-0.25, -0.2) is 4.79 Å². The molecule has 1 aromatic carbocycles. The largest absolute Gasteiger partial charge is 0.484 e. The van der Waals surface area contributed by atoms with Crippen LogP contribution < -0.4 is 10.4 Å². The molecule has 2 aromatic rings. The molecule has 0 saturated carbocycles. The van der Waals surface area contributed by atoms with Crippen LogP contribution in [0.4, 0.5) is 0 Å². The summed E-state index contributed by atoms with van der Waals surface area (Å²) in [6, 6.07) is 6.70. The molecule has 7 heteroatoms. The van der Waals surface area contributed by atoms with Crippen molar-refractivity contribution in [1.29, 1.82) is 0 Å². The van der Waals surface area contributed by atoms with Gasteiger partial charge in [-0.15, -0.1) is 0 Å². The van der Waals surface area contributed by atoms with Crippen LogP contribution in [-0.2, 0) is 20.7 Å². The summed E-state index contributed by atoms with van der Waals surface area (Å²) in [5.41, 5.74) is 0.942. The number of benzene rings is 1. The number of amides is 1. The Morgan fingerprint density at radius 1 is 1.25 bits per heavy atom. The zero-order valence-electron chi connectivity index (χ0n) is 16.2. The summed E-state index contributed by atoms with van der Waals surface area (Å²) in [4.78, 5) is 37.7. The minimum Gasteiger partial charge on any atom is -0.484 e. The molecule has 1 unspecified atom stereocenters. The molecule has 1 aromatic heterocycles. The van der Waals surface area contributed by atoms with Crippen molar-refractivity contribution >= 4 is 22.8 Å². The number of rotatable bonds is 6. The first-order valence-corrected chi connectivity index (χ1v) is 9.65. The summed E-state index contributed by atoms with van der Waals surface area (Å²) in [7, 11) is 0. The third-order valence-electron chi connectivity index (χ3n) is 4.94. The summed E-state index contributed by atoms with van der Waals surface area (Å²) in [5, 5.41) is 0.856. The van der Waals surface area contributed by atoms with Crippen molar-refractivity contribution < 1.29 is 23.5 Å². The van der Waals surface area contributed by atoms with E-state index in [-0.39, 0.29) is 24.4 Å². The van der Waals surface area contributed by atoms with E-state index in [0.29, 0.717) is 31.0 Å². The van der Waals surface area contributed by atoms with Crippen LogP contribution in [0.5, 0.6) is 5.75 Å². The smallest absolute Gasteiger partial charge is 0.336 e. The SMILES string of the molecule is CCOC(=O)C1CCCN(C(=O)COc2ccc3c(CC)cc(=O)oc3c2)C1. The lowest BCUT2D eigenvalue weighted by Gasteiger charge is -2.31. The molecule has 3 rings (SSSR count). The molecule has 28 heavy (non-hydrogen) atoms. The van der Waals surface area contributed by atoms with E-state index in [2.05, 4.69) is 0 Å². The highest BCUT2D eigenvalue weighted by molar-refractivity contribution is 5.82. The molecule has 0 bridgehead atoms. The van der Waals surface area contributed by atoms with E-state index < -0.39 is 5.63 Å². The Kier molecular flexibility index (Phi) is 6.34. The molecule has 1 aliphatic rings. The molecule has 0 spiro atoms. The molecular weight excluding hydrogens is 362 g/mol. The van der Waals surface area contributed by atoms with Crippen molar-refractivity contribution in [3.05, 3.63) is 40.2 Å². The summed E-state index contributed by atoms with van der Waals surface area (Å²) in [5.74, 6) is -0.258. The van der Waals surface area contributed by atoms with E-state index in [4.69, 9.17) is 13.9 Å². The van der Waals surface area contributed by atoms with Crippen molar-refractivity contribution in [2.24, 2.45) is 5.92 Å². The van der Waals surface area contributed by atoms with Gasteiger partial charge in [0.05, 0.1) is 12.5 Å². The number of nitrogens with zero attached hydrogens (tertiary/aromatic N) is 1. The number of piperidine rings is 1.